The van der Waals surface area contributed by atoms with E-state index in [1.807, 2.05) is 0 Å². The van der Waals surface area contributed by atoms with Gasteiger partial charge < -0.3 is 14.8 Å². The summed E-state index contributed by atoms with van der Waals surface area (Å²) < 4.78 is 5.19. The van der Waals surface area contributed by atoms with E-state index in [2.05, 4.69) is 5.32 Å². The molecule has 0 saturated carbocycles. The zero-order chi connectivity index (χ0) is 10.6. The van der Waals surface area contributed by atoms with E-state index in [1.165, 1.54) is 0 Å². The highest BCUT2D eigenvalue weighted by molar-refractivity contribution is 5.76. The molecule has 0 fully saturated rings. The van der Waals surface area contributed by atoms with Crippen LogP contribution in [0.2, 0.25) is 0 Å². The maximum Gasteiger partial charge on any atom is 0.326 e. The van der Waals surface area contributed by atoms with Gasteiger partial charge in [0.2, 0.25) is 6.41 Å². The summed E-state index contributed by atoms with van der Waals surface area (Å²) in [6.07, 6.45) is 0.524. The maximum absolute atomic E-state index is 10.6. The van der Waals surface area contributed by atoms with Gasteiger partial charge in [-0.15, -0.1) is 0 Å². The van der Waals surface area contributed by atoms with E-state index >= 15 is 0 Å². The molecule has 1 aromatic rings. The highest BCUT2D eigenvalue weighted by atomic mass is 16.4. The summed E-state index contributed by atoms with van der Waals surface area (Å²) in [5.41, 5.74) is 0. The van der Waals surface area contributed by atoms with Crippen LogP contribution in [0, 0.1) is 6.92 Å². The average molecular weight is 197 g/mol. The van der Waals surface area contributed by atoms with Gasteiger partial charge in [-0.1, -0.05) is 0 Å². The minimum absolute atomic E-state index is 0.155. The molecule has 76 valence electrons. The molecule has 0 saturated heterocycles. The highest BCUT2D eigenvalue weighted by Gasteiger charge is 2.18. The number of furan rings is 1. The molecule has 0 aliphatic rings. The van der Waals surface area contributed by atoms with Crippen LogP contribution in [-0.2, 0) is 16.0 Å². The average Bonchev–Trinajstić information content (AvgIpc) is 2.50. The zero-order valence-corrected chi connectivity index (χ0v) is 7.69. The van der Waals surface area contributed by atoms with Gasteiger partial charge in [0.1, 0.15) is 17.6 Å². The van der Waals surface area contributed by atoms with Gasteiger partial charge in [-0.3, -0.25) is 4.79 Å². The second kappa shape index (κ2) is 4.45. The number of aryl methyl sites for hydroxylation is 1. The predicted molar refractivity (Wildman–Crippen MR) is 47.8 cm³/mol. The molecule has 14 heavy (non-hydrogen) atoms. The van der Waals surface area contributed by atoms with E-state index in [-0.39, 0.29) is 6.42 Å². The molecular weight excluding hydrogens is 186 g/mol. The predicted octanol–water partition coefficient (Wildman–Crippen LogP) is 0.330. The van der Waals surface area contributed by atoms with Crippen LogP contribution < -0.4 is 5.32 Å². The van der Waals surface area contributed by atoms with Crippen molar-refractivity contribution >= 4 is 12.4 Å². The first-order valence-corrected chi connectivity index (χ1v) is 4.11. The Morgan fingerprint density at radius 1 is 1.71 bits per heavy atom. The first kappa shape index (κ1) is 10.3. The molecule has 1 atom stereocenters. The smallest absolute Gasteiger partial charge is 0.326 e. The third kappa shape index (κ3) is 2.62. The number of carboxylic acids is 1. The Hall–Kier alpha value is -1.78. The fourth-order valence-electron chi connectivity index (χ4n) is 1.10. The molecule has 1 heterocycles. The van der Waals surface area contributed by atoms with Gasteiger partial charge in [0.05, 0.1) is 0 Å². The van der Waals surface area contributed by atoms with Crippen molar-refractivity contribution < 1.29 is 19.1 Å². The maximum atomic E-state index is 10.6. The fraction of sp³-hybridized carbons (Fsp3) is 0.333. The monoisotopic (exact) mass is 197 g/mol. The summed E-state index contributed by atoms with van der Waals surface area (Å²) in [6.45, 7) is 1.77. The number of carbonyl (C=O) groups is 2. The molecule has 0 aliphatic carbocycles. The van der Waals surface area contributed by atoms with Crippen LogP contribution in [0.3, 0.4) is 0 Å². The van der Waals surface area contributed by atoms with Crippen molar-refractivity contribution in [3.63, 3.8) is 0 Å². The lowest BCUT2D eigenvalue weighted by molar-refractivity contribution is -0.140. The molecule has 1 unspecified atom stereocenters. The SMILES string of the molecule is Cc1ccc(CC(NC=O)C(=O)O)o1. The molecular formula is C9H11NO4. The quantitative estimate of drug-likeness (QED) is 0.666. The van der Waals surface area contributed by atoms with E-state index in [1.54, 1.807) is 19.1 Å². The second-order valence-corrected chi connectivity index (χ2v) is 2.89. The van der Waals surface area contributed by atoms with Crippen LogP contribution in [0.4, 0.5) is 0 Å². The summed E-state index contributed by atoms with van der Waals surface area (Å²) >= 11 is 0. The number of nitrogens with one attached hydrogen (secondary N) is 1. The summed E-state index contributed by atoms with van der Waals surface area (Å²) in [6, 6.07) is 2.51. The first-order chi connectivity index (χ1) is 6.63. The molecule has 5 heteroatoms. The van der Waals surface area contributed by atoms with E-state index in [0.717, 1.165) is 5.76 Å². The van der Waals surface area contributed by atoms with Crippen molar-refractivity contribution in [2.24, 2.45) is 0 Å². The van der Waals surface area contributed by atoms with Crippen molar-refractivity contribution in [2.45, 2.75) is 19.4 Å². The first-order valence-electron chi connectivity index (χ1n) is 4.11. The summed E-state index contributed by atoms with van der Waals surface area (Å²) in [5.74, 6) is 0.186. The zero-order valence-electron chi connectivity index (χ0n) is 7.69. The number of amides is 1. The molecule has 1 amide bonds. The van der Waals surface area contributed by atoms with Gasteiger partial charge in [0, 0.05) is 6.42 Å². The van der Waals surface area contributed by atoms with E-state index in [4.69, 9.17) is 9.52 Å². The Morgan fingerprint density at radius 3 is 2.86 bits per heavy atom. The van der Waals surface area contributed by atoms with Crippen molar-refractivity contribution in [1.29, 1.82) is 0 Å². The molecule has 1 aromatic heterocycles. The standard InChI is InChI=1S/C9H11NO4/c1-6-2-3-7(14-6)4-8(9(12)13)10-5-11/h2-3,5,8H,4H2,1H3,(H,10,11)(H,12,13). The molecule has 1 rings (SSSR count). The molecule has 0 aliphatic heterocycles. The van der Waals surface area contributed by atoms with Gasteiger partial charge in [-0.2, -0.15) is 0 Å². The minimum Gasteiger partial charge on any atom is -0.480 e. The molecule has 2 N–H and O–H groups in total. The largest absolute Gasteiger partial charge is 0.480 e. The minimum atomic E-state index is -1.08. The van der Waals surface area contributed by atoms with Crippen LogP contribution in [0.15, 0.2) is 16.5 Å². The number of hydrogen-bond acceptors (Lipinski definition) is 3. The van der Waals surface area contributed by atoms with Crippen LogP contribution >= 0.6 is 0 Å². The van der Waals surface area contributed by atoms with Crippen molar-refractivity contribution in [2.75, 3.05) is 0 Å². The molecule has 0 bridgehead atoms. The lowest BCUT2D eigenvalue weighted by atomic mass is 10.2. The third-order valence-electron chi connectivity index (χ3n) is 1.77. The van der Waals surface area contributed by atoms with Crippen LogP contribution in [0.5, 0.6) is 0 Å². The Balaban J connectivity index is 2.64. The Bertz CT molecular complexity index is 331. The third-order valence-corrected chi connectivity index (χ3v) is 1.77. The summed E-state index contributed by atoms with van der Waals surface area (Å²) in [4.78, 5) is 20.7. The Kier molecular flexibility index (Phi) is 3.28. The van der Waals surface area contributed by atoms with Gasteiger partial charge in [-0.05, 0) is 19.1 Å². The molecule has 0 spiro atoms. The Morgan fingerprint density at radius 2 is 2.43 bits per heavy atom. The molecule has 0 radical (unpaired) electrons. The number of carboxylic acid groups (broad SMARTS) is 1. The highest BCUT2D eigenvalue weighted by Crippen LogP contribution is 2.08. The summed E-state index contributed by atoms with van der Waals surface area (Å²) in [5, 5.41) is 10.9. The van der Waals surface area contributed by atoms with E-state index in [0.29, 0.717) is 12.2 Å². The topological polar surface area (TPSA) is 79.5 Å². The van der Waals surface area contributed by atoms with Crippen molar-refractivity contribution in [1.82, 2.24) is 5.32 Å². The van der Waals surface area contributed by atoms with Crippen molar-refractivity contribution in [3.05, 3.63) is 23.7 Å². The van der Waals surface area contributed by atoms with Gasteiger partial charge in [0.25, 0.3) is 0 Å². The molecule has 5 nitrogen and oxygen atoms in total. The van der Waals surface area contributed by atoms with Gasteiger partial charge >= 0.3 is 5.97 Å². The number of hydrogen-bond donors (Lipinski definition) is 2. The summed E-state index contributed by atoms with van der Waals surface area (Å²) in [7, 11) is 0. The number of aliphatic carboxylic acids is 1. The van der Waals surface area contributed by atoms with Crippen LogP contribution in [0.1, 0.15) is 11.5 Å². The van der Waals surface area contributed by atoms with E-state index < -0.39 is 12.0 Å². The van der Waals surface area contributed by atoms with Crippen LogP contribution in [-0.4, -0.2) is 23.5 Å². The Labute approximate surface area is 80.7 Å². The second-order valence-electron chi connectivity index (χ2n) is 2.89. The number of rotatable bonds is 5. The van der Waals surface area contributed by atoms with Gasteiger partial charge in [0.15, 0.2) is 0 Å². The van der Waals surface area contributed by atoms with Crippen LogP contribution in [0.25, 0.3) is 0 Å². The molecule has 0 aromatic carbocycles. The normalized spacial score (nSPS) is 12.1. The lowest BCUT2D eigenvalue weighted by Gasteiger charge is -2.08. The van der Waals surface area contributed by atoms with E-state index in [9.17, 15) is 9.59 Å². The van der Waals surface area contributed by atoms with Crippen molar-refractivity contribution in [3.8, 4) is 0 Å². The fourth-order valence-corrected chi connectivity index (χ4v) is 1.10. The number of carbonyl (C=O) groups excluding carboxylic acids is 1. The van der Waals surface area contributed by atoms with Gasteiger partial charge in [-0.25, -0.2) is 4.79 Å². The lowest BCUT2D eigenvalue weighted by Crippen LogP contribution is -2.37.